The van der Waals surface area contributed by atoms with Gasteiger partial charge in [-0.15, -0.1) is 0 Å². The highest BCUT2D eigenvalue weighted by Gasteiger charge is 2.17. The summed E-state index contributed by atoms with van der Waals surface area (Å²) >= 11 is 0. The molecule has 1 aromatic rings. The maximum atomic E-state index is 11.1. The Morgan fingerprint density at radius 3 is 2.30 bits per heavy atom. The molecule has 9 heteroatoms. The summed E-state index contributed by atoms with van der Waals surface area (Å²) < 4.78 is 9.74. The van der Waals surface area contributed by atoms with E-state index in [1.165, 1.54) is 26.2 Å². The normalized spacial score (nSPS) is 14.3. The Morgan fingerprint density at radius 2 is 1.83 bits per heavy atom. The molecular formula is C14H18N2O7. The highest BCUT2D eigenvalue weighted by molar-refractivity contribution is 5.89. The van der Waals surface area contributed by atoms with E-state index in [-0.39, 0.29) is 5.69 Å². The second-order valence-electron chi connectivity index (χ2n) is 4.61. The number of nitrogens with zero attached hydrogens (tertiary/aromatic N) is 2. The highest BCUT2D eigenvalue weighted by atomic mass is 16.5. The van der Waals surface area contributed by atoms with Crippen molar-refractivity contribution in [3.63, 3.8) is 0 Å². The van der Waals surface area contributed by atoms with E-state index >= 15 is 0 Å². The molecule has 0 unspecified atom stereocenters. The number of carbonyl (C=O) groups excluding carboxylic acids is 1. The third-order valence-electron chi connectivity index (χ3n) is 2.87. The number of aromatic nitrogens is 1. The molecule has 0 radical (unpaired) electrons. The Kier molecular flexibility index (Phi) is 7.48. The van der Waals surface area contributed by atoms with E-state index < -0.39 is 17.9 Å². The van der Waals surface area contributed by atoms with Gasteiger partial charge in [-0.1, -0.05) is 0 Å². The van der Waals surface area contributed by atoms with E-state index in [0.29, 0.717) is 24.6 Å². The SMILES string of the molecule is COC(=O)c1coc(CN2CCCC2)n1.O=C(O)/C=C\C(=O)O. The molecule has 0 aliphatic carbocycles. The van der Waals surface area contributed by atoms with Gasteiger partial charge in [0.25, 0.3) is 0 Å². The van der Waals surface area contributed by atoms with Crippen LogP contribution in [0.3, 0.4) is 0 Å². The summed E-state index contributed by atoms with van der Waals surface area (Å²) in [5.41, 5.74) is 0.242. The number of oxazole rings is 1. The quantitative estimate of drug-likeness (QED) is 0.595. The van der Waals surface area contributed by atoms with Gasteiger partial charge < -0.3 is 19.4 Å². The highest BCUT2D eigenvalue weighted by Crippen LogP contribution is 2.12. The minimum absolute atomic E-state index is 0.242. The summed E-state index contributed by atoms with van der Waals surface area (Å²) in [6, 6.07) is 0. The topological polar surface area (TPSA) is 130 Å². The number of aliphatic carboxylic acids is 2. The number of rotatable bonds is 5. The fraction of sp³-hybridized carbons (Fsp3) is 0.429. The van der Waals surface area contributed by atoms with E-state index in [4.69, 9.17) is 14.6 Å². The minimum Gasteiger partial charge on any atom is -0.478 e. The van der Waals surface area contributed by atoms with Gasteiger partial charge in [0.2, 0.25) is 5.89 Å². The van der Waals surface area contributed by atoms with Crippen molar-refractivity contribution in [3.8, 4) is 0 Å². The van der Waals surface area contributed by atoms with E-state index in [0.717, 1.165) is 13.1 Å². The number of methoxy groups -OCH3 is 1. The van der Waals surface area contributed by atoms with Crippen LogP contribution in [0.2, 0.25) is 0 Å². The Hall–Kier alpha value is -2.68. The third-order valence-corrected chi connectivity index (χ3v) is 2.87. The number of hydrogen-bond acceptors (Lipinski definition) is 7. The van der Waals surface area contributed by atoms with E-state index in [9.17, 15) is 14.4 Å². The number of carboxylic acid groups (broad SMARTS) is 2. The van der Waals surface area contributed by atoms with Crippen molar-refractivity contribution in [1.82, 2.24) is 9.88 Å². The first-order valence-electron chi connectivity index (χ1n) is 6.81. The molecule has 1 saturated heterocycles. The summed E-state index contributed by atoms with van der Waals surface area (Å²) in [4.78, 5) is 36.5. The summed E-state index contributed by atoms with van der Waals surface area (Å²) in [6.45, 7) is 2.84. The van der Waals surface area contributed by atoms with Gasteiger partial charge >= 0.3 is 17.9 Å². The predicted molar refractivity (Wildman–Crippen MR) is 76.8 cm³/mol. The molecule has 0 aromatic carbocycles. The van der Waals surface area contributed by atoms with E-state index in [1.54, 1.807) is 0 Å². The van der Waals surface area contributed by atoms with Crippen LogP contribution < -0.4 is 0 Å². The molecule has 2 N–H and O–H groups in total. The zero-order valence-electron chi connectivity index (χ0n) is 12.6. The summed E-state index contributed by atoms with van der Waals surface area (Å²) in [5, 5.41) is 15.6. The largest absolute Gasteiger partial charge is 0.478 e. The van der Waals surface area contributed by atoms with Crippen molar-refractivity contribution in [3.05, 3.63) is 30.0 Å². The van der Waals surface area contributed by atoms with Gasteiger partial charge in [0.05, 0.1) is 13.7 Å². The molecule has 9 nitrogen and oxygen atoms in total. The van der Waals surface area contributed by atoms with Gasteiger partial charge in [-0.05, 0) is 25.9 Å². The lowest BCUT2D eigenvalue weighted by molar-refractivity contribution is -0.134. The number of hydrogen-bond donors (Lipinski definition) is 2. The van der Waals surface area contributed by atoms with Gasteiger partial charge in [0.15, 0.2) is 5.69 Å². The summed E-state index contributed by atoms with van der Waals surface area (Å²) in [5.74, 6) is -2.39. The lowest BCUT2D eigenvalue weighted by atomic mass is 10.4. The van der Waals surface area contributed by atoms with Crippen LogP contribution in [0.1, 0.15) is 29.2 Å². The zero-order chi connectivity index (χ0) is 17.2. The predicted octanol–water partition coefficient (Wildman–Crippen LogP) is 0.769. The van der Waals surface area contributed by atoms with Crippen LogP contribution in [0.25, 0.3) is 0 Å². The molecule has 2 rings (SSSR count). The Bertz CT molecular complexity index is 557. The molecule has 1 aliphatic rings. The fourth-order valence-electron chi connectivity index (χ4n) is 1.86. The van der Waals surface area contributed by atoms with Crippen LogP contribution in [0.4, 0.5) is 0 Å². The average molecular weight is 326 g/mol. The number of esters is 1. The monoisotopic (exact) mass is 326 g/mol. The Labute approximate surface area is 132 Å². The second-order valence-corrected chi connectivity index (χ2v) is 4.61. The van der Waals surface area contributed by atoms with Crippen LogP contribution in [0.15, 0.2) is 22.8 Å². The second kappa shape index (κ2) is 9.36. The average Bonchev–Trinajstić information content (AvgIpc) is 3.17. The standard InChI is InChI=1S/C10H14N2O3.C4H4O4/c1-14-10(13)8-7-15-9(11-8)6-12-4-2-3-5-12;5-3(6)1-2-4(7)8/h7H,2-6H2,1H3;1-2H,(H,5,6)(H,7,8)/b;2-1-. The first-order chi connectivity index (χ1) is 10.9. The van der Waals surface area contributed by atoms with Crippen molar-refractivity contribution in [2.45, 2.75) is 19.4 Å². The maximum Gasteiger partial charge on any atom is 0.360 e. The molecule has 0 spiro atoms. The Morgan fingerprint density at radius 1 is 1.26 bits per heavy atom. The van der Waals surface area contributed by atoms with Gasteiger partial charge in [0.1, 0.15) is 6.26 Å². The lowest BCUT2D eigenvalue weighted by Gasteiger charge is -2.10. The number of carbonyl (C=O) groups is 3. The Balaban J connectivity index is 0.000000284. The van der Waals surface area contributed by atoms with Crippen LogP contribution in [-0.4, -0.2) is 58.2 Å². The summed E-state index contributed by atoms with van der Waals surface area (Å²) in [6.07, 6.45) is 4.91. The van der Waals surface area contributed by atoms with E-state index in [2.05, 4.69) is 14.6 Å². The molecule has 1 fully saturated rings. The maximum absolute atomic E-state index is 11.1. The molecule has 23 heavy (non-hydrogen) atoms. The van der Waals surface area contributed by atoms with Crippen molar-refractivity contribution in [2.75, 3.05) is 20.2 Å². The smallest absolute Gasteiger partial charge is 0.360 e. The summed E-state index contributed by atoms with van der Waals surface area (Å²) in [7, 11) is 1.33. The van der Waals surface area contributed by atoms with Crippen LogP contribution in [0.5, 0.6) is 0 Å². The van der Waals surface area contributed by atoms with Crippen LogP contribution >= 0.6 is 0 Å². The van der Waals surface area contributed by atoms with Crippen molar-refractivity contribution in [1.29, 1.82) is 0 Å². The van der Waals surface area contributed by atoms with Crippen molar-refractivity contribution < 1.29 is 33.8 Å². The molecular weight excluding hydrogens is 308 g/mol. The minimum atomic E-state index is -1.26. The first kappa shape index (κ1) is 18.4. The molecule has 126 valence electrons. The van der Waals surface area contributed by atoms with E-state index in [1.807, 2.05) is 0 Å². The third kappa shape index (κ3) is 7.23. The zero-order valence-corrected chi connectivity index (χ0v) is 12.6. The molecule has 1 aliphatic heterocycles. The molecule has 0 saturated carbocycles. The van der Waals surface area contributed by atoms with Crippen molar-refractivity contribution >= 4 is 17.9 Å². The van der Waals surface area contributed by atoms with Crippen molar-refractivity contribution in [2.24, 2.45) is 0 Å². The molecule has 0 atom stereocenters. The van der Waals surface area contributed by atoms with Crippen LogP contribution in [0, 0.1) is 0 Å². The number of ether oxygens (including phenoxy) is 1. The molecule has 1 aromatic heterocycles. The molecule has 0 bridgehead atoms. The number of likely N-dealkylation sites (tertiary alicyclic amines) is 1. The first-order valence-corrected chi connectivity index (χ1v) is 6.81. The van der Waals surface area contributed by atoms with Gasteiger partial charge in [-0.25, -0.2) is 19.4 Å². The molecule has 0 amide bonds. The van der Waals surface area contributed by atoms with Gasteiger partial charge in [-0.3, -0.25) is 4.90 Å². The van der Waals surface area contributed by atoms with Gasteiger partial charge in [0, 0.05) is 12.2 Å². The van der Waals surface area contributed by atoms with Crippen LogP contribution in [-0.2, 0) is 20.9 Å². The number of carboxylic acids is 2. The fourth-order valence-corrected chi connectivity index (χ4v) is 1.86. The van der Waals surface area contributed by atoms with Gasteiger partial charge in [-0.2, -0.15) is 0 Å². The lowest BCUT2D eigenvalue weighted by Crippen LogP contribution is -2.18. The molecule has 2 heterocycles.